The Morgan fingerprint density at radius 3 is 2.68 bits per heavy atom. The summed E-state index contributed by atoms with van der Waals surface area (Å²) >= 11 is 0. The van der Waals surface area contributed by atoms with Gasteiger partial charge in [-0.25, -0.2) is 4.79 Å². The van der Waals surface area contributed by atoms with Gasteiger partial charge >= 0.3 is 5.97 Å². The number of esters is 1. The Morgan fingerprint density at radius 2 is 2.05 bits per heavy atom. The second-order valence-corrected chi connectivity index (χ2v) is 4.91. The summed E-state index contributed by atoms with van der Waals surface area (Å²) in [6.45, 7) is 2.82. The van der Waals surface area contributed by atoms with E-state index in [0.29, 0.717) is 11.6 Å². The van der Waals surface area contributed by atoms with E-state index < -0.39 is 0 Å². The van der Waals surface area contributed by atoms with Gasteiger partial charge in [-0.05, 0) is 37.1 Å². The number of hydrogen-bond acceptors (Lipinski definition) is 4. The van der Waals surface area contributed by atoms with Crippen LogP contribution in [0.2, 0.25) is 0 Å². The molecule has 0 spiro atoms. The molecule has 1 atom stereocenters. The van der Waals surface area contributed by atoms with Gasteiger partial charge in [0.25, 0.3) is 0 Å². The lowest BCUT2D eigenvalue weighted by molar-refractivity contribution is 0.0600. The van der Waals surface area contributed by atoms with Gasteiger partial charge in [0.15, 0.2) is 0 Å². The molecule has 0 N–H and O–H groups in total. The summed E-state index contributed by atoms with van der Waals surface area (Å²) in [6, 6.07) is 8.15. The first kappa shape index (κ1) is 14.0. The number of hydrogen-bond donors (Lipinski definition) is 0. The molecule has 104 valence electrons. The highest BCUT2D eigenvalue weighted by Crippen LogP contribution is 2.20. The summed E-state index contributed by atoms with van der Waals surface area (Å²) in [5.74, 6) is -0.287. The highest BCUT2D eigenvalue weighted by atomic mass is 16.5. The zero-order valence-electron chi connectivity index (χ0n) is 11.6. The summed E-state index contributed by atoms with van der Waals surface area (Å²) in [4.78, 5) is 13.8. The first-order valence-corrected chi connectivity index (χ1v) is 6.65. The van der Waals surface area contributed by atoms with Crippen LogP contribution in [0.3, 0.4) is 0 Å². The monoisotopic (exact) mass is 263 g/mol. The fourth-order valence-electron chi connectivity index (χ4n) is 2.58. The topological polar surface area (TPSA) is 38.8 Å². The molecule has 0 saturated carbocycles. The molecule has 1 unspecified atom stereocenters. The largest absolute Gasteiger partial charge is 0.465 e. The van der Waals surface area contributed by atoms with Crippen LogP contribution >= 0.6 is 0 Å². The quantitative estimate of drug-likeness (QED) is 0.762. The third kappa shape index (κ3) is 3.55. The molecule has 0 aromatic heterocycles. The molecule has 0 aliphatic carbocycles. The Morgan fingerprint density at radius 1 is 1.32 bits per heavy atom. The van der Waals surface area contributed by atoms with Crippen LogP contribution in [0.5, 0.6) is 0 Å². The molecular formula is C15H21NO3. The Balaban J connectivity index is 1.97. The molecule has 1 aliphatic rings. The molecule has 4 heteroatoms. The molecule has 1 saturated heterocycles. The Kier molecular flexibility index (Phi) is 4.93. The third-order valence-electron chi connectivity index (χ3n) is 3.62. The molecule has 19 heavy (non-hydrogen) atoms. The summed E-state index contributed by atoms with van der Waals surface area (Å²) in [6.07, 6.45) is 2.43. The van der Waals surface area contributed by atoms with Crippen LogP contribution in [0, 0.1) is 0 Å². The molecule has 4 nitrogen and oxygen atoms in total. The summed E-state index contributed by atoms with van der Waals surface area (Å²) < 4.78 is 9.95. The molecule has 1 heterocycles. The third-order valence-corrected chi connectivity index (χ3v) is 3.62. The predicted molar refractivity (Wildman–Crippen MR) is 73.1 cm³/mol. The van der Waals surface area contributed by atoms with Crippen LogP contribution in [-0.2, 0) is 16.0 Å². The maximum absolute atomic E-state index is 11.4. The van der Waals surface area contributed by atoms with Crippen LogP contribution in [0.25, 0.3) is 0 Å². The number of rotatable bonds is 5. The molecule has 1 aromatic rings. The van der Waals surface area contributed by atoms with Crippen molar-refractivity contribution < 1.29 is 14.3 Å². The van der Waals surface area contributed by atoms with Crippen molar-refractivity contribution in [3.8, 4) is 0 Å². The van der Waals surface area contributed by atoms with E-state index in [9.17, 15) is 4.79 Å². The lowest BCUT2D eigenvalue weighted by Crippen LogP contribution is -2.32. The van der Waals surface area contributed by atoms with Gasteiger partial charge in [0.1, 0.15) is 0 Å². The predicted octanol–water partition coefficient (Wildman–Crippen LogP) is 2.08. The highest BCUT2D eigenvalue weighted by Gasteiger charge is 2.24. The highest BCUT2D eigenvalue weighted by molar-refractivity contribution is 5.89. The van der Waals surface area contributed by atoms with Crippen molar-refractivity contribution in [3.05, 3.63) is 35.4 Å². The van der Waals surface area contributed by atoms with Gasteiger partial charge < -0.3 is 9.47 Å². The zero-order valence-corrected chi connectivity index (χ0v) is 11.6. The lowest BCUT2D eigenvalue weighted by Gasteiger charge is -2.23. The summed E-state index contributed by atoms with van der Waals surface area (Å²) in [5, 5.41) is 0. The number of benzene rings is 1. The van der Waals surface area contributed by atoms with Crippen molar-refractivity contribution in [3.63, 3.8) is 0 Å². The maximum Gasteiger partial charge on any atom is 0.337 e. The van der Waals surface area contributed by atoms with Crippen molar-refractivity contribution in [1.82, 2.24) is 4.90 Å². The second kappa shape index (κ2) is 6.68. The number of carbonyl (C=O) groups excluding carboxylic acids is 1. The van der Waals surface area contributed by atoms with E-state index in [0.717, 1.165) is 19.7 Å². The summed E-state index contributed by atoms with van der Waals surface area (Å²) in [5.41, 5.74) is 1.82. The first-order valence-electron chi connectivity index (χ1n) is 6.65. The second-order valence-electron chi connectivity index (χ2n) is 4.91. The number of nitrogens with zero attached hydrogens (tertiary/aromatic N) is 1. The van der Waals surface area contributed by atoms with Crippen molar-refractivity contribution in [2.45, 2.75) is 25.4 Å². The number of methoxy groups -OCH3 is 2. The Bertz CT molecular complexity index is 416. The molecule has 0 bridgehead atoms. The molecule has 2 rings (SSSR count). The van der Waals surface area contributed by atoms with Gasteiger partial charge in [-0.15, -0.1) is 0 Å². The smallest absolute Gasteiger partial charge is 0.337 e. The SMILES string of the molecule is COCC1CCCN1Cc1ccc(C(=O)OC)cc1. The van der Waals surface area contributed by atoms with Gasteiger partial charge in [-0.3, -0.25) is 4.90 Å². The molecule has 1 aliphatic heterocycles. The average molecular weight is 263 g/mol. The fourth-order valence-corrected chi connectivity index (χ4v) is 2.58. The van der Waals surface area contributed by atoms with Gasteiger partial charge in [0.05, 0.1) is 19.3 Å². The van der Waals surface area contributed by atoms with Gasteiger partial charge in [-0.1, -0.05) is 12.1 Å². The van der Waals surface area contributed by atoms with E-state index in [1.54, 1.807) is 7.11 Å². The van der Waals surface area contributed by atoms with Crippen LogP contribution in [0.15, 0.2) is 24.3 Å². The normalized spacial score (nSPS) is 19.6. The van der Waals surface area contributed by atoms with E-state index in [1.165, 1.54) is 25.5 Å². The zero-order chi connectivity index (χ0) is 13.7. The van der Waals surface area contributed by atoms with E-state index in [4.69, 9.17) is 9.47 Å². The van der Waals surface area contributed by atoms with E-state index >= 15 is 0 Å². The van der Waals surface area contributed by atoms with Crippen molar-refractivity contribution in [2.75, 3.05) is 27.4 Å². The number of ether oxygens (including phenoxy) is 2. The van der Waals surface area contributed by atoms with Crippen molar-refractivity contribution >= 4 is 5.97 Å². The van der Waals surface area contributed by atoms with E-state index in [1.807, 2.05) is 24.3 Å². The fraction of sp³-hybridized carbons (Fsp3) is 0.533. The molecular weight excluding hydrogens is 242 g/mol. The van der Waals surface area contributed by atoms with Gasteiger partial charge in [-0.2, -0.15) is 0 Å². The molecule has 0 amide bonds. The minimum absolute atomic E-state index is 0.287. The maximum atomic E-state index is 11.4. The van der Waals surface area contributed by atoms with Crippen molar-refractivity contribution in [2.24, 2.45) is 0 Å². The van der Waals surface area contributed by atoms with Crippen LogP contribution in [0.1, 0.15) is 28.8 Å². The lowest BCUT2D eigenvalue weighted by atomic mass is 10.1. The summed E-state index contributed by atoms with van der Waals surface area (Å²) in [7, 11) is 3.15. The Hall–Kier alpha value is -1.39. The van der Waals surface area contributed by atoms with E-state index in [2.05, 4.69) is 4.90 Å². The van der Waals surface area contributed by atoms with E-state index in [-0.39, 0.29) is 5.97 Å². The van der Waals surface area contributed by atoms with Gasteiger partial charge in [0, 0.05) is 19.7 Å². The van der Waals surface area contributed by atoms with Crippen LogP contribution < -0.4 is 0 Å². The number of carbonyl (C=O) groups is 1. The van der Waals surface area contributed by atoms with Crippen molar-refractivity contribution in [1.29, 1.82) is 0 Å². The minimum Gasteiger partial charge on any atom is -0.465 e. The molecule has 1 aromatic carbocycles. The minimum atomic E-state index is -0.287. The standard InChI is InChI=1S/C15H21NO3/c1-18-11-14-4-3-9-16(14)10-12-5-7-13(8-6-12)15(17)19-2/h5-8,14H,3-4,9-11H2,1-2H3. The average Bonchev–Trinajstić information content (AvgIpc) is 2.86. The Labute approximate surface area is 114 Å². The molecule has 1 fully saturated rings. The molecule has 0 radical (unpaired) electrons. The van der Waals surface area contributed by atoms with Crippen LogP contribution in [0.4, 0.5) is 0 Å². The first-order chi connectivity index (χ1) is 9.24. The van der Waals surface area contributed by atoms with Crippen LogP contribution in [-0.4, -0.2) is 44.3 Å². The number of likely N-dealkylation sites (tertiary alicyclic amines) is 1. The van der Waals surface area contributed by atoms with Gasteiger partial charge in [0.2, 0.25) is 0 Å².